The lowest BCUT2D eigenvalue weighted by Crippen LogP contribution is -2.30. The van der Waals surface area contributed by atoms with Crippen molar-refractivity contribution in [3.8, 4) is 0 Å². The van der Waals surface area contributed by atoms with E-state index in [4.69, 9.17) is 0 Å². The van der Waals surface area contributed by atoms with E-state index in [1.165, 1.54) is 27.8 Å². The van der Waals surface area contributed by atoms with Crippen LogP contribution in [0.2, 0.25) is 0 Å². The maximum absolute atomic E-state index is 12.5. The predicted octanol–water partition coefficient (Wildman–Crippen LogP) is 4.07. The van der Waals surface area contributed by atoms with E-state index < -0.39 is 0 Å². The fourth-order valence-corrected chi connectivity index (χ4v) is 4.58. The van der Waals surface area contributed by atoms with Gasteiger partial charge in [-0.25, -0.2) is 0 Å². The van der Waals surface area contributed by atoms with Gasteiger partial charge in [0.2, 0.25) is 5.91 Å². The third-order valence-corrected chi connectivity index (χ3v) is 6.74. The summed E-state index contributed by atoms with van der Waals surface area (Å²) in [6, 6.07) is 14.6. The number of rotatable bonds is 7. The van der Waals surface area contributed by atoms with Gasteiger partial charge in [0.15, 0.2) is 5.82 Å². The molecular formula is C27H35N5O. The van der Waals surface area contributed by atoms with Gasteiger partial charge in [0, 0.05) is 39.0 Å². The van der Waals surface area contributed by atoms with Crippen LogP contribution in [0.4, 0.5) is 0 Å². The number of amides is 1. The molecule has 0 saturated heterocycles. The molecule has 6 heteroatoms. The average Bonchev–Trinajstić information content (AvgIpc) is 3.11. The van der Waals surface area contributed by atoms with Crippen molar-refractivity contribution < 1.29 is 4.79 Å². The van der Waals surface area contributed by atoms with Crippen molar-refractivity contribution in [3.05, 3.63) is 81.9 Å². The van der Waals surface area contributed by atoms with Gasteiger partial charge in [-0.1, -0.05) is 42.5 Å². The zero-order chi connectivity index (χ0) is 23.4. The van der Waals surface area contributed by atoms with Crippen LogP contribution in [0.5, 0.6) is 0 Å². The van der Waals surface area contributed by atoms with Gasteiger partial charge in [-0.3, -0.25) is 9.69 Å². The zero-order valence-electron chi connectivity index (χ0n) is 20.3. The molecule has 0 saturated carbocycles. The van der Waals surface area contributed by atoms with Crippen LogP contribution in [-0.2, 0) is 30.7 Å². The highest BCUT2D eigenvalue weighted by atomic mass is 16.1. The molecule has 3 aromatic rings. The first-order valence-corrected chi connectivity index (χ1v) is 11.9. The Morgan fingerprint density at radius 2 is 1.76 bits per heavy atom. The SMILES string of the molecule is Cc1cc(C)c(CN2CCc3nnc([C@@H](C)NC(=O)CCc4ccccc4)n3CC2)cc1C. The Morgan fingerprint density at radius 3 is 2.55 bits per heavy atom. The largest absolute Gasteiger partial charge is 0.346 e. The Morgan fingerprint density at radius 1 is 1.00 bits per heavy atom. The number of aromatic nitrogens is 3. The van der Waals surface area contributed by atoms with Gasteiger partial charge in [0.1, 0.15) is 5.82 Å². The number of carbonyl (C=O) groups is 1. The molecular weight excluding hydrogens is 410 g/mol. The van der Waals surface area contributed by atoms with Crippen LogP contribution in [0.1, 0.15) is 58.9 Å². The van der Waals surface area contributed by atoms with Gasteiger partial charge in [-0.2, -0.15) is 0 Å². The fourth-order valence-electron chi connectivity index (χ4n) is 4.58. The summed E-state index contributed by atoms with van der Waals surface area (Å²) in [5.74, 6) is 1.90. The molecule has 2 heterocycles. The number of hydrogen-bond donors (Lipinski definition) is 1. The number of nitrogens with one attached hydrogen (secondary N) is 1. The van der Waals surface area contributed by atoms with E-state index in [-0.39, 0.29) is 11.9 Å². The lowest BCUT2D eigenvalue weighted by Gasteiger charge is -2.22. The molecule has 1 aliphatic heterocycles. The first-order chi connectivity index (χ1) is 15.9. The zero-order valence-corrected chi connectivity index (χ0v) is 20.3. The summed E-state index contributed by atoms with van der Waals surface area (Å²) in [7, 11) is 0. The minimum absolute atomic E-state index is 0.0455. The second kappa shape index (κ2) is 10.3. The standard InChI is InChI=1S/C27H35N5O/c1-19-16-21(3)24(17-20(19)2)18-31-13-12-25-29-30-27(32(25)15-14-31)22(4)28-26(33)11-10-23-8-6-5-7-9-23/h5-9,16-17,22H,10-15,18H2,1-4H3,(H,28,33)/t22-/m1/s1. The smallest absolute Gasteiger partial charge is 0.220 e. The number of aryl methyl sites for hydroxylation is 4. The number of benzene rings is 2. The van der Waals surface area contributed by atoms with Crippen LogP contribution in [0, 0.1) is 20.8 Å². The van der Waals surface area contributed by atoms with E-state index in [1.807, 2.05) is 25.1 Å². The quantitative estimate of drug-likeness (QED) is 0.595. The number of fused-ring (bicyclic) bond motifs is 1. The Labute approximate surface area is 197 Å². The molecule has 174 valence electrons. The fraction of sp³-hybridized carbons (Fsp3) is 0.444. The first kappa shape index (κ1) is 23.2. The summed E-state index contributed by atoms with van der Waals surface area (Å²) >= 11 is 0. The maximum Gasteiger partial charge on any atom is 0.220 e. The third kappa shape index (κ3) is 5.69. The molecule has 0 aliphatic carbocycles. The highest BCUT2D eigenvalue weighted by Crippen LogP contribution is 2.20. The Bertz CT molecular complexity index is 1110. The first-order valence-electron chi connectivity index (χ1n) is 11.9. The van der Waals surface area contributed by atoms with Crippen LogP contribution >= 0.6 is 0 Å². The van der Waals surface area contributed by atoms with Crippen LogP contribution in [0.3, 0.4) is 0 Å². The predicted molar refractivity (Wildman–Crippen MR) is 131 cm³/mol. The van der Waals surface area contributed by atoms with E-state index >= 15 is 0 Å². The molecule has 2 aromatic carbocycles. The van der Waals surface area contributed by atoms with Gasteiger partial charge in [0.05, 0.1) is 6.04 Å². The molecule has 1 aliphatic rings. The Balaban J connectivity index is 1.35. The van der Waals surface area contributed by atoms with Crippen molar-refractivity contribution in [2.45, 2.75) is 66.1 Å². The Kier molecular flexibility index (Phi) is 7.23. The summed E-state index contributed by atoms with van der Waals surface area (Å²) in [4.78, 5) is 15.0. The van der Waals surface area contributed by atoms with Crippen molar-refractivity contribution in [1.29, 1.82) is 0 Å². The van der Waals surface area contributed by atoms with E-state index in [0.717, 1.165) is 50.7 Å². The number of carbonyl (C=O) groups excluding carboxylic acids is 1. The number of hydrogen-bond acceptors (Lipinski definition) is 4. The summed E-state index contributed by atoms with van der Waals surface area (Å²) in [5.41, 5.74) is 6.63. The Hall–Kier alpha value is -2.99. The summed E-state index contributed by atoms with van der Waals surface area (Å²) in [5, 5.41) is 12.0. The molecule has 1 N–H and O–H groups in total. The second-order valence-electron chi connectivity index (χ2n) is 9.29. The molecule has 4 rings (SSSR count). The van der Waals surface area contributed by atoms with Gasteiger partial charge in [0.25, 0.3) is 0 Å². The lowest BCUT2D eigenvalue weighted by atomic mass is 10.0. The third-order valence-electron chi connectivity index (χ3n) is 6.74. The number of nitrogens with zero attached hydrogens (tertiary/aromatic N) is 4. The van der Waals surface area contributed by atoms with Crippen molar-refractivity contribution in [2.75, 3.05) is 13.1 Å². The molecule has 1 amide bonds. The molecule has 6 nitrogen and oxygen atoms in total. The van der Waals surface area contributed by atoms with Gasteiger partial charge in [-0.15, -0.1) is 10.2 Å². The molecule has 0 fully saturated rings. The molecule has 1 atom stereocenters. The minimum Gasteiger partial charge on any atom is -0.346 e. The second-order valence-corrected chi connectivity index (χ2v) is 9.29. The van der Waals surface area contributed by atoms with Crippen molar-refractivity contribution in [2.24, 2.45) is 0 Å². The van der Waals surface area contributed by atoms with E-state index in [2.05, 4.69) is 70.0 Å². The van der Waals surface area contributed by atoms with E-state index in [0.29, 0.717) is 6.42 Å². The van der Waals surface area contributed by atoms with Gasteiger partial charge >= 0.3 is 0 Å². The summed E-state index contributed by atoms with van der Waals surface area (Å²) in [6.07, 6.45) is 2.08. The minimum atomic E-state index is -0.164. The monoisotopic (exact) mass is 445 g/mol. The normalized spacial score (nSPS) is 15.0. The van der Waals surface area contributed by atoms with Crippen LogP contribution in [0.15, 0.2) is 42.5 Å². The topological polar surface area (TPSA) is 63.1 Å². The van der Waals surface area contributed by atoms with Crippen LogP contribution in [-0.4, -0.2) is 38.7 Å². The molecule has 1 aromatic heterocycles. The van der Waals surface area contributed by atoms with E-state index in [9.17, 15) is 4.79 Å². The average molecular weight is 446 g/mol. The highest BCUT2D eigenvalue weighted by molar-refractivity contribution is 5.76. The molecule has 33 heavy (non-hydrogen) atoms. The van der Waals surface area contributed by atoms with Crippen molar-refractivity contribution >= 4 is 5.91 Å². The lowest BCUT2D eigenvalue weighted by molar-refractivity contribution is -0.121. The van der Waals surface area contributed by atoms with Crippen molar-refractivity contribution in [1.82, 2.24) is 25.0 Å². The van der Waals surface area contributed by atoms with E-state index in [1.54, 1.807) is 0 Å². The maximum atomic E-state index is 12.5. The van der Waals surface area contributed by atoms with Gasteiger partial charge < -0.3 is 9.88 Å². The summed E-state index contributed by atoms with van der Waals surface area (Å²) < 4.78 is 2.20. The molecule has 0 spiro atoms. The molecule has 0 radical (unpaired) electrons. The molecule has 0 unspecified atom stereocenters. The van der Waals surface area contributed by atoms with Crippen LogP contribution < -0.4 is 5.32 Å². The van der Waals surface area contributed by atoms with Gasteiger partial charge in [-0.05, 0) is 61.9 Å². The summed E-state index contributed by atoms with van der Waals surface area (Å²) in [6.45, 7) is 12.3. The molecule has 0 bridgehead atoms. The van der Waals surface area contributed by atoms with Crippen LogP contribution in [0.25, 0.3) is 0 Å². The van der Waals surface area contributed by atoms with Crippen molar-refractivity contribution in [3.63, 3.8) is 0 Å². The highest BCUT2D eigenvalue weighted by Gasteiger charge is 2.23.